The lowest BCUT2D eigenvalue weighted by Gasteiger charge is -2.20. The number of carbonyl (C=O) groups is 2. The van der Waals surface area contributed by atoms with Gasteiger partial charge in [0, 0.05) is 36.4 Å². The molecule has 4 rings (SSSR count). The van der Waals surface area contributed by atoms with Crippen LogP contribution in [0.15, 0.2) is 55.0 Å². The van der Waals surface area contributed by atoms with Crippen molar-refractivity contribution in [1.29, 1.82) is 0 Å². The smallest absolute Gasteiger partial charge is 0.270 e. The van der Waals surface area contributed by atoms with Crippen LogP contribution < -0.4 is 19.7 Å². The molecule has 0 saturated heterocycles. The number of likely N-dealkylation sites (N-methyl/N-ethyl adjacent to an activating group) is 1. The zero-order valence-electron chi connectivity index (χ0n) is 20.3. The minimum Gasteiger partial charge on any atom is -0.489 e. The Morgan fingerprint density at radius 3 is 2.75 bits per heavy atom. The number of fused-ring (bicyclic) bond motifs is 1. The molecule has 0 bridgehead atoms. The molecule has 184 valence electrons. The fourth-order valence-corrected chi connectivity index (χ4v) is 3.35. The summed E-state index contributed by atoms with van der Waals surface area (Å²) in [5, 5.41) is 2.68. The zero-order chi connectivity index (χ0) is 25.9. The first-order chi connectivity index (χ1) is 17.1. The van der Waals surface area contributed by atoms with Gasteiger partial charge in [-0.05, 0) is 45.0 Å². The quantitative estimate of drug-likeness (QED) is 0.559. The van der Waals surface area contributed by atoms with Crippen LogP contribution in [0.3, 0.4) is 0 Å². The molecule has 2 aromatic heterocycles. The summed E-state index contributed by atoms with van der Waals surface area (Å²) >= 11 is 0. The monoisotopic (exact) mass is 488 g/mol. The number of pyridine rings is 2. The first-order valence-corrected chi connectivity index (χ1v) is 11.2. The Kier molecular flexibility index (Phi) is 6.88. The highest BCUT2D eigenvalue weighted by Gasteiger charge is 2.31. The molecule has 3 heterocycles. The van der Waals surface area contributed by atoms with Gasteiger partial charge in [-0.15, -0.1) is 0 Å². The third-order valence-electron chi connectivity index (χ3n) is 5.12. The van der Waals surface area contributed by atoms with E-state index in [9.17, 15) is 14.0 Å². The number of nitrogens with one attached hydrogen (secondary N) is 1. The van der Waals surface area contributed by atoms with Crippen molar-refractivity contribution in [2.75, 3.05) is 18.6 Å². The summed E-state index contributed by atoms with van der Waals surface area (Å²) in [4.78, 5) is 35.3. The molecule has 0 fully saturated rings. The van der Waals surface area contributed by atoms with Crippen molar-refractivity contribution in [3.63, 3.8) is 0 Å². The maximum absolute atomic E-state index is 13.4. The summed E-state index contributed by atoms with van der Waals surface area (Å²) in [5.41, 5.74) is 1.18. The van der Waals surface area contributed by atoms with Crippen LogP contribution >= 0.6 is 0 Å². The number of hydrogen-bond donors (Lipinski definition) is 1. The van der Waals surface area contributed by atoms with Gasteiger partial charge >= 0.3 is 0 Å². The molecule has 1 aromatic carbocycles. The van der Waals surface area contributed by atoms with Gasteiger partial charge in [0.1, 0.15) is 41.4 Å². The van der Waals surface area contributed by atoms with Crippen LogP contribution in [-0.2, 0) is 4.79 Å². The Bertz CT molecular complexity index is 1370. The molecular weight excluding hydrogens is 463 g/mol. The summed E-state index contributed by atoms with van der Waals surface area (Å²) in [5.74, 6) is 5.76. The number of anilines is 1. The van der Waals surface area contributed by atoms with Crippen molar-refractivity contribution in [2.24, 2.45) is 5.41 Å². The molecule has 36 heavy (non-hydrogen) atoms. The van der Waals surface area contributed by atoms with Crippen LogP contribution in [0.25, 0.3) is 0 Å². The molecule has 0 radical (unpaired) electrons. The fraction of sp³-hybridized carbons (Fsp3) is 0.259. The number of carbonyl (C=O) groups excluding carboxylic acids is 2. The largest absolute Gasteiger partial charge is 0.489 e. The molecule has 8 nitrogen and oxygen atoms in total. The molecule has 1 aliphatic rings. The minimum atomic E-state index is -0.946. The van der Waals surface area contributed by atoms with E-state index in [-0.39, 0.29) is 35.1 Å². The highest BCUT2D eigenvalue weighted by Crippen LogP contribution is 2.31. The Morgan fingerprint density at radius 2 is 2.00 bits per heavy atom. The van der Waals surface area contributed by atoms with Gasteiger partial charge in [0.05, 0.1) is 18.1 Å². The molecule has 1 atom stereocenters. The number of hydrogen-bond acceptors (Lipinski definition) is 6. The Morgan fingerprint density at radius 1 is 1.19 bits per heavy atom. The summed E-state index contributed by atoms with van der Waals surface area (Å²) < 4.78 is 24.8. The van der Waals surface area contributed by atoms with Gasteiger partial charge in [-0.25, -0.2) is 4.39 Å². The van der Waals surface area contributed by atoms with Crippen LogP contribution in [0.2, 0.25) is 0 Å². The predicted molar refractivity (Wildman–Crippen MR) is 131 cm³/mol. The Balaban J connectivity index is 1.48. The second-order valence-corrected chi connectivity index (χ2v) is 9.23. The topological polar surface area (TPSA) is 93.7 Å². The average molecular weight is 489 g/mol. The fourth-order valence-electron chi connectivity index (χ4n) is 3.35. The van der Waals surface area contributed by atoms with E-state index in [0.29, 0.717) is 11.4 Å². The van der Waals surface area contributed by atoms with Gasteiger partial charge in [0.25, 0.3) is 11.8 Å². The SMILES string of the molecule is CN1C(=O)[C@@H](NC(=O)c2cc(Oc3cncc(F)c3)ccn2)COc2ccc(C#CC(C)(C)C)cc21. The summed E-state index contributed by atoms with van der Waals surface area (Å²) in [7, 11) is 1.62. The number of nitrogens with zero attached hydrogens (tertiary/aromatic N) is 3. The van der Waals surface area contributed by atoms with E-state index in [2.05, 4.69) is 27.1 Å². The molecule has 3 aromatic rings. The van der Waals surface area contributed by atoms with Crippen LogP contribution in [0.4, 0.5) is 10.1 Å². The number of aromatic nitrogens is 2. The number of benzene rings is 1. The normalized spacial score (nSPS) is 15.1. The van der Waals surface area contributed by atoms with Crippen molar-refractivity contribution in [3.8, 4) is 29.1 Å². The summed E-state index contributed by atoms with van der Waals surface area (Å²) in [6, 6.07) is 8.52. The van der Waals surface area contributed by atoms with E-state index < -0.39 is 17.8 Å². The second kappa shape index (κ2) is 10.0. The van der Waals surface area contributed by atoms with E-state index in [1.54, 1.807) is 19.2 Å². The van der Waals surface area contributed by atoms with Crippen LogP contribution in [-0.4, -0.2) is 41.5 Å². The lowest BCUT2D eigenvalue weighted by atomic mass is 9.97. The number of halogens is 1. The number of rotatable bonds is 4. The Labute approximate surface area is 208 Å². The van der Waals surface area contributed by atoms with Crippen molar-refractivity contribution < 1.29 is 23.5 Å². The molecule has 0 spiro atoms. The van der Waals surface area contributed by atoms with Crippen LogP contribution in [0.5, 0.6) is 17.2 Å². The lowest BCUT2D eigenvalue weighted by Crippen LogP contribution is -2.49. The second-order valence-electron chi connectivity index (χ2n) is 9.23. The molecule has 2 amide bonds. The standard InChI is InChI=1S/C27H25FN4O4/c1-27(2,3)9-7-17-5-6-24-23(11-17)32(4)26(34)22(16-35-24)31-25(33)21-13-19(8-10-30-21)36-20-12-18(28)14-29-15-20/h5-6,8,10-15,22H,16H2,1-4H3,(H,31,33)/t22-/m0/s1. The predicted octanol–water partition coefficient (Wildman–Crippen LogP) is 3.96. The lowest BCUT2D eigenvalue weighted by molar-refractivity contribution is -0.120. The highest BCUT2D eigenvalue weighted by molar-refractivity contribution is 6.03. The first-order valence-electron chi connectivity index (χ1n) is 11.2. The van der Waals surface area contributed by atoms with E-state index in [4.69, 9.17) is 9.47 Å². The number of ether oxygens (including phenoxy) is 2. The third kappa shape index (κ3) is 5.96. The van der Waals surface area contributed by atoms with E-state index in [1.807, 2.05) is 26.8 Å². The zero-order valence-corrected chi connectivity index (χ0v) is 20.3. The maximum atomic E-state index is 13.4. The third-order valence-corrected chi connectivity index (χ3v) is 5.12. The first kappa shape index (κ1) is 24.7. The van der Waals surface area contributed by atoms with Crippen LogP contribution in [0, 0.1) is 23.1 Å². The molecular formula is C27H25FN4O4. The average Bonchev–Trinajstić information content (AvgIpc) is 2.94. The number of amides is 2. The van der Waals surface area contributed by atoms with E-state index in [0.717, 1.165) is 11.8 Å². The van der Waals surface area contributed by atoms with Gasteiger partial charge in [-0.3, -0.25) is 19.6 Å². The van der Waals surface area contributed by atoms with Crippen LogP contribution in [0.1, 0.15) is 36.8 Å². The van der Waals surface area contributed by atoms with E-state index >= 15 is 0 Å². The molecule has 1 aliphatic heterocycles. The van der Waals surface area contributed by atoms with Gasteiger partial charge < -0.3 is 19.7 Å². The molecule has 9 heteroatoms. The highest BCUT2D eigenvalue weighted by atomic mass is 19.1. The minimum absolute atomic E-state index is 0.0221. The maximum Gasteiger partial charge on any atom is 0.270 e. The molecule has 1 N–H and O–H groups in total. The Hall–Kier alpha value is -4.45. The van der Waals surface area contributed by atoms with Gasteiger partial charge in [0.15, 0.2) is 0 Å². The summed E-state index contributed by atoms with van der Waals surface area (Å²) in [6.45, 7) is 6.00. The van der Waals surface area contributed by atoms with Gasteiger partial charge in [-0.1, -0.05) is 11.8 Å². The van der Waals surface area contributed by atoms with Crippen molar-refractivity contribution in [2.45, 2.75) is 26.8 Å². The molecule has 0 saturated carbocycles. The van der Waals surface area contributed by atoms with Gasteiger partial charge in [-0.2, -0.15) is 0 Å². The van der Waals surface area contributed by atoms with Crippen molar-refractivity contribution in [1.82, 2.24) is 15.3 Å². The van der Waals surface area contributed by atoms with Gasteiger partial charge in [0.2, 0.25) is 0 Å². The van der Waals surface area contributed by atoms with Crippen molar-refractivity contribution >= 4 is 17.5 Å². The van der Waals surface area contributed by atoms with E-state index in [1.165, 1.54) is 35.5 Å². The summed E-state index contributed by atoms with van der Waals surface area (Å²) in [6.07, 6.45) is 3.78. The van der Waals surface area contributed by atoms with Crippen molar-refractivity contribution in [3.05, 3.63) is 72.1 Å². The molecule has 0 aliphatic carbocycles. The molecule has 0 unspecified atom stereocenters.